The lowest BCUT2D eigenvalue weighted by molar-refractivity contribution is -0.111. The van der Waals surface area contributed by atoms with Gasteiger partial charge in [0.15, 0.2) is 0 Å². The number of amides is 1. The van der Waals surface area contributed by atoms with Gasteiger partial charge in [0.05, 0.1) is 0 Å². The molecule has 0 radical (unpaired) electrons. The predicted molar refractivity (Wildman–Crippen MR) is 60.8 cm³/mol. The number of tetrazole rings is 1. The summed E-state index contributed by atoms with van der Waals surface area (Å²) in [5.74, 6) is -0.186. The highest BCUT2D eigenvalue weighted by atomic mass is 16.1. The lowest BCUT2D eigenvalue weighted by Gasteiger charge is -1.95. The van der Waals surface area contributed by atoms with E-state index in [0.717, 1.165) is 11.3 Å². The fraction of sp³-hybridized carbons (Fsp3) is 0.100. The van der Waals surface area contributed by atoms with E-state index in [0.29, 0.717) is 0 Å². The number of carbonyl (C=O) groups excluding carboxylic acids is 1. The van der Waals surface area contributed by atoms with Crippen molar-refractivity contribution in [3.63, 3.8) is 0 Å². The van der Waals surface area contributed by atoms with Gasteiger partial charge < -0.3 is 0 Å². The summed E-state index contributed by atoms with van der Waals surface area (Å²) in [5.41, 5.74) is 1.78. The highest BCUT2D eigenvalue weighted by Crippen LogP contribution is 2.02. The van der Waals surface area contributed by atoms with Crippen LogP contribution in [0.2, 0.25) is 0 Å². The molecular formula is C10H10N6O. The van der Waals surface area contributed by atoms with Crippen LogP contribution in [0.25, 0.3) is 6.08 Å². The van der Waals surface area contributed by atoms with E-state index < -0.39 is 0 Å². The van der Waals surface area contributed by atoms with Crippen LogP contribution in [0.1, 0.15) is 11.3 Å². The number of nitrogens with zero attached hydrogens (tertiary/aromatic N) is 4. The minimum atomic E-state index is -0.327. The van der Waals surface area contributed by atoms with Crippen LogP contribution in [0.3, 0.4) is 0 Å². The summed E-state index contributed by atoms with van der Waals surface area (Å²) < 4.78 is 0. The molecule has 2 aromatic rings. The van der Waals surface area contributed by atoms with Crippen LogP contribution in [0, 0.1) is 6.92 Å². The first-order chi connectivity index (χ1) is 8.24. The molecule has 0 unspecified atom stereocenters. The molecule has 0 fully saturated rings. The number of carbonyl (C=O) groups is 1. The van der Waals surface area contributed by atoms with Gasteiger partial charge in [-0.25, -0.2) is 0 Å². The molecule has 17 heavy (non-hydrogen) atoms. The molecule has 2 heterocycles. The molecule has 0 atom stereocenters. The summed E-state index contributed by atoms with van der Waals surface area (Å²) in [6, 6.07) is 3.75. The number of rotatable bonds is 3. The van der Waals surface area contributed by atoms with Crippen molar-refractivity contribution in [2.45, 2.75) is 6.92 Å². The van der Waals surface area contributed by atoms with Gasteiger partial charge in [-0.15, -0.1) is 5.10 Å². The number of hydrogen-bond donors (Lipinski definition) is 2. The third-order valence-electron chi connectivity index (χ3n) is 1.94. The van der Waals surface area contributed by atoms with Crippen molar-refractivity contribution in [1.29, 1.82) is 0 Å². The topological polar surface area (TPSA) is 96.5 Å². The first kappa shape index (κ1) is 10.9. The molecule has 2 rings (SSSR count). The molecule has 7 heteroatoms. The lowest BCUT2D eigenvalue weighted by atomic mass is 10.2. The molecule has 0 spiro atoms. The monoisotopic (exact) mass is 230 g/mol. The number of aromatic amines is 1. The standard InChI is InChI=1S/C10H10N6O/c1-7-2-3-8(6-11-7)4-5-9(17)12-10-13-15-16-14-10/h2-6H,1H3,(H2,12,13,14,15,16,17). The number of nitrogens with one attached hydrogen (secondary N) is 2. The van der Waals surface area contributed by atoms with Crippen LogP contribution >= 0.6 is 0 Å². The molecule has 1 amide bonds. The second-order valence-electron chi connectivity index (χ2n) is 3.29. The van der Waals surface area contributed by atoms with E-state index in [9.17, 15) is 4.79 Å². The lowest BCUT2D eigenvalue weighted by Crippen LogP contribution is -2.09. The average molecular weight is 230 g/mol. The van der Waals surface area contributed by atoms with Crippen molar-refractivity contribution < 1.29 is 4.79 Å². The molecule has 0 aliphatic heterocycles. The van der Waals surface area contributed by atoms with E-state index >= 15 is 0 Å². The number of hydrogen-bond acceptors (Lipinski definition) is 5. The van der Waals surface area contributed by atoms with Crippen LogP contribution in [-0.4, -0.2) is 31.5 Å². The number of aromatic nitrogens is 5. The van der Waals surface area contributed by atoms with Gasteiger partial charge >= 0.3 is 0 Å². The minimum Gasteiger partial charge on any atom is -0.288 e. The third-order valence-corrected chi connectivity index (χ3v) is 1.94. The zero-order valence-electron chi connectivity index (χ0n) is 9.08. The molecule has 0 aliphatic carbocycles. The Hall–Kier alpha value is -2.57. The Labute approximate surface area is 97.0 Å². The Morgan fingerprint density at radius 2 is 2.35 bits per heavy atom. The SMILES string of the molecule is Cc1ccc(C=CC(=O)Nc2nn[nH]n2)cn1. The number of anilines is 1. The van der Waals surface area contributed by atoms with Gasteiger partial charge in [0, 0.05) is 18.0 Å². The van der Waals surface area contributed by atoms with E-state index in [-0.39, 0.29) is 11.9 Å². The normalized spacial score (nSPS) is 10.6. The Morgan fingerprint density at radius 3 is 3.00 bits per heavy atom. The summed E-state index contributed by atoms with van der Waals surface area (Å²) in [4.78, 5) is 15.5. The molecule has 0 saturated carbocycles. The van der Waals surface area contributed by atoms with Crippen molar-refractivity contribution in [3.8, 4) is 0 Å². The van der Waals surface area contributed by atoms with E-state index in [1.807, 2.05) is 19.1 Å². The Kier molecular flexibility index (Phi) is 3.20. The van der Waals surface area contributed by atoms with Gasteiger partial charge in [-0.05, 0) is 29.8 Å². The van der Waals surface area contributed by atoms with Crippen LogP contribution < -0.4 is 5.32 Å². The highest BCUT2D eigenvalue weighted by Gasteiger charge is 2.00. The van der Waals surface area contributed by atoms with Crippen LogP contribution in [-0.2, 0) is 4.79 Å². The number of aryl methyl sites for hydroxylation is 1. The average Bonchev–Trinajstić information content (AvgIpc) is 2.81. The fourth-order valence-electron chi connectivity index (χ4n) is 1.12. The van der Waals surface area contributed by atoms with E-state index in [4.69, 9.17) is 0 Å². The minimum absolute atomic E-state index is 0.140. The maximum absolute atomic E-state index is 11.4. The van der Waals surface area contributed by atoms with Crippen LogP contribution in [0.5, 0.6) is 0 Å². The fourth-order valence-corrected chi connectivity index (χ4v) is 1.12. The number of pyridine rings is 1. The van der Waals surface area contributed by atoms with Gasteiger partial charge in [0.2, 0.25) is 0 Å². The first-order valence-corrected chi connectivity index (χ1v) is 4.89. The van der Waals surface area contributed by atoms with E-state index in [1.54, 1.807) is 12.3 Å². The molecule has 0 aromatic carbocycles. The van der Waals surface area contributed by atoms with Gasteiger partial charge in [0.1, 0.15) is 0 Å². The second-order valence-corrected chi connectivity index (χ2v) is 3.29. The molecule has 0 saturated heterocycles. The van der Waals surface area contributed by atoms with Crippen LogP contribution in [0.4, 0.5) is 5.95 Å². The van der Waals surface area contributed by atoms with Crippen molar-refractivity contribution in [2.24, 2.45) is 0 Å². The molecule has 2 aromatic heterocycles. The zero-order chi connectivity index (χ0) is 12.1. The summed E-state index contributed by atoms with van der Waals surface area (Å²) in [5, 5.41) is 15.2. The predicted octanol–water partition coefficient (Wildman–Crippen LogP) is 0.555. The highest BCUT2D eigenvalue weighted by molar-refractivity contribution is 6.00. The zero-order valence-corrected chi connectivity index (χ0v) is 9.08. The summed E-state index contributed by atoms with van der Waals surface area (Å²) in [7, 11) is 0. The van der Waals surface area contributed by atoms with Crippen LogP contribution in [0.15, 0.2) is 24.4 Å². The van der Waals surface area contributed by atoms with Crippen molar-refractivity contribution in [1.82, 2.24) is 25.6 Å². The Bertz CT molecular complexity index is 516. The Balaban J connectivity index is 1.96. The molecular weight excluding hydrogens is 220 g/mol. The summed E-state index contributed by atoms with van der Waals surface area (Å²) >= 11 is 0. The van der Waals surface area contributed by atoms with Gasteiger partial charge in [0.25, 0.3) is 11.9 Å². The first-order valence-electron chi connectivity index (χ1n) is 4.89. The van der Waals surface area contributed by atoms with Crippen molar-refractivity contribution in [2.75, 3.05) is 5.32 Å². The summed E-state index contributed by atoms with van der Waals surface area (Å²) in [6.07, 6.45) is 4.72. The third kappa shape index (κ3) is 3.20. The van der Waals surface area contributed by atoms with Crippen molar-refractivity contribution in [3.05, 3.63) is 35.7 Å². The van der Waals surface area contributed by atoms with Gasteiger partial charge in [-0.1, -0.05) is 11.2 Å². The van der Waals surface area contributed by atoms with Crippen molar-refractivity contribution >= 4 is 17.9 Å². The van der Waals surface area contributed by atoms with Gasteiger partial charge in [-0.2, -0.15) is 5.21 Å². The quantitative estimate of drug-likeness (QED) is 0.751. The molecule has 0 aliphatic rings. The largest absolute Gasteiger partial charge is 0.288 e. The Morgan fingerprint density at radius 1 is 1.47 bits per heavy atom. The summed E-state index contributed by atoms with van der Waals surface area (Å²) in [6.45, 7) is 1.90. The second kappa shape index (κ2) is 4.97. The molecule has 2 N–H and O–H groups in total. The molecule has 0 bridgehead atoms. The maximum atomic E-state index is 11.4. The smallest absolute Gasteiger partial charge is 0.270 e. The van der Waals surface area contributed by atoms with Gasteiger partial charge in [-0.3, -0.25) is 15.1 Å². The maximum Gasteiger partial charge on any atom is 0.270 e. The molecule has 86 valence electrons. The van der Waals surface area contributed by atoms with E-state index in [1.165, 1.54) is 6.08 Å². The molecule has 7 nitrogen and oxygen atoms in total. The number of H-pyrrole nitrogens is 1. The van der Waals surface area contributed by atoms with E-state index in [2.05, 4.69) is 30.9 Å².